The second-order valence-electron chi connectivity index (χ2n) is 15.0. The molecule has 0 saturated carbocycles. The van der Waals surface area contributed by atoms with Crippen LogP contribution in [-0.2, 0) is 0 Å². The van der Waals surface area contributed by atoms with Gasteiger partial charge >= 0.3 is 0 Å². The van der Waals surface area contributed by atoms with E-state index in [2.05, 4.69) is 212 Å². The second kappa shape index (κ2) is 14.8. The molecule has 0 atom stereocenters. The molecule has 276 valence electrons. The van der Waals surface area contributed by atoms with Crippen LogP contribution in [0.4, 0.5) is 0 Å². The second-order valence-corrected chi connectivity index (χ2v) is 16.0. The molecule has 0 N–H and O–H groups in total. The summed E-state index contributed by atoms with van der Waals surface area (Å²) in [5.74, 6) is 0.688. The molecule has 2 nitrogen and oxygen atoms in total. The van der Waals surface area contributed by atoms with E-state index < -0.39 is 0 Å². The molecule has 0 amide bonds. The van der Waals surface area contributed by atoms with Crippen molar-refractivity contribution >= 4 is 42.3 Å². The third kappa shape index (κ3) is 6.58. The Morgan fingerprint density at radius 1 is 0.271 bits per heavy atom. The monoisotopic (exact) mass is 768 g/mol. The van der Waals surface area contributed by atoms with Crippen LogP contribution < -0.4 is 0 Å². The fraction of sp³-hybridized carbons (Fsp3) is 0. The third-order valence-electron chi connectivity index (χ3n) is 11.3. The van der Waals surface area contributed by atoms with E-state index in [1.807, 2.05) is 17.4 Å². The van der Waals surface area contributed by atoms with E-state index in [1.165, 1.54) is 47.6 Å². The molecule has 0 aliphatic heterocycles. The molecular formula is C56H36N2S. The minimum Gasteiger partial charge on any atom is -0.228 e. The van der Waals surface area contributed by atoms with E-state index in [9.17, 15) is 0 Å². The van der Waals surface area contributed by atoms with Crippen molar-refractivity contribution in [3.05, 3.63) is 218 Å². The summed E-state index contributed by atoms with van der Waals surface area (Å²) in [6.45, 7) is 0. The maximum Gasteiger partial charge on any atom is 0.160 e. The standard InChI is InChI=1S/C56H36N2S/c1-4-15-37(16-5-1)41-27-29-48(50(34-41)39-17-6-2-7-18-39)53-36-52(57-56(58-53)40-20-8-3-9-21-40)45-32-43(31-44(33-45)47-25-14-22-38-19-10-11-23-46(38)47)42-28-30-55-51(35-42)49-24-12-13-26-54(49)59-55/h1-36H. The molecule has 59 heavy (non-hydrogen) atoms. The third-order valence-corrected chi connectivity index (χ3v) is 12.4. The van der Waals surface area contributed by atoms with Gasteiger partial charge in [-0.15, -0.1) is 11.3 Å². The van der Waals surface area contributed by atoms with Crippen molar-refractivity contribution < 1.29 is 0 Å². The van der Waals surface area contributed by atoms with Crippen LogP contribution in [0.2, 0.25) is 0 Å². The first-order valence-electron chi connectivity index (χ1n) is 20.0. The van der Waals surface area contributed by atoms with E-state index in [4.69, 9.17) is 9.97 Å². The highest BCUT2D eigenvalue weighted by molar-refractivity contribution is 7.25. The first-order chi connectivity index (χ1) is 29.2. The number of benzene rings is 9. The van der Waals surface area contributed by atoms with E-state index in [1.54, 1.807) is 0 Å². The van der Waals surface area contributed by atoms with Crippen LogP contribution in [0.3, 0.4) is 0 Å². The Kier molecular flexibility index (Phi) is 8.72. The van der Waals surface area contributed by atoms with Crippen LogP contribution in [0, 0.1) is 0 Å². The largest absolute Gasteiger partial charge is 0.228 e. The van der Waals surface area contributed by atoms with Gasteiger partial charge in [0.2, 0.25) is 0 Å². The number of hydrogen-bond acceptors (Lipinski definition) is 3. The highest BCUT2D eigenvalue weighted by Gasteiger charge is 2.18. The normalized spacial score (nSPS) is 11.4. The van der Waals surface area contributed by atoms with Gasteiger partial charge in [0.1, 0.15) is 0 Å². The van der Waals surface area contributed by atoms with Gasteiger partial charge in [0.25, 0.3) is 0 Å². The van der Waals surface area contributed by atoms with Gasteiger partial charge in [-0.1, -0.05) is 170 Å². The van der Waals surface area contributed by atoms with E-state index in [0.717, 1.165) is 55.9 Å². The lowest BCUT2D eigenvalue weighted by molar-refractivity contribution is 1.18. The number of hydrogen-bond donors (Lipinski definition) is 0. The molecule has 9 aromatic carbocycles. The van der Waals surface area contributed by atoms with Crippen LogP contribution in [0.5, 0.6) is 0 Å². The summed E-state index contributed by atoms with van der Waals surface area (Å²) >= 11 is 1.85. The van der Waals surface area contributed by atoms with E-state index in [0.29, 0.717) is 5.82 Å². The summed E-state index contributed by atoms with van der Waals surface area (Å²) in [5, 5.41) is 5.01. The van der Waals surface area contributed by atoms with Crippen molar-refractivity contribution in [3.8, 4) is 78.4 Å². The molecule has 2 aromatic heterocycles. The van der Waals surface area contributed by atoms with Gasteiger partial charge in [0.05, 0.1) is 11.4 Å². The van der Waals surface area contributed by atoms with Crippen molar-refractivity contribution in [2.24, 2.45) is 0 Å². The molecule has 11 rings (SSSR count). The van der Waals surface area contributed by atoms with E-state index >= 15 is 0 Å². The lowest BCUT2D eigenvalue weighted by atomic mass is 9.91. The smallest absolute Gasteiger partial charge is 0.160 e. The Bertz CT molecular complexity index is 3310. The topological polar surface area (TPSA) is 25.8 Å². The average molecular weight is 769 g/mol. The summed E-state index contributed by atoms with van der Waals surface area (Å²) in [4.78, 5) is 10.7. The molecule has 0 aliphatic rings. The Balaban J connectivity index is 1.16. The van der Waals surface area contributed by atoms with Gasteiger partial charge in [-0.2, -0.15) is 0 Å². The average Bonchev–Trinajstić information content (AvgIpc) is 3.70. The quantitative estimate of drug-likeness (QED) is 0.161. The molecule has 0 spiro atoms. The van der Waals surface area contributed by atoms with Gasteiger partial charge in [0, 0.05) is 36.9 Å². The first kappa shape index (κ1) is 34.8. The fourth-order valence-electron chi connectivity index (χ4n) is 8.36. The number of rotatable bonds is 7. The van der Waals surface area contributed by atoms with Crippen molar-refractivity contribution in [3.63, 3.8) is 0 Å². The maximum atomic E-state index is 5.37. The predicted molar refractivity (Wildman–Crippen MR) is 250 cm³/mol. The van der Waals surface area contributed by atoms with Crippen molar-refractivity contribution in [1.29, 1.82) is 0 Å². The lowest BCUT2D eigenvalue weighted by Crippen LogP contribution is -1.98. The van der Waals surface area contributed by atoms with Gasteiger partial charge in [-0.3, -0.25) is 0 Å². The van der Waals surface area contributed by atoms with Crippen LogP contribution in [0.25, 0.3) is 109 Å². The lowest BCUT2D eigenvalue weighted by Gasteiger charge is -2.16. The Hall–Kier alpha value is -7.46. The van der Waals surface area contributed by atoms with Crippen LogP contribution >= 0.6 is 11.3 Å². The SMILES string of the molecule is c1ccc(-c2ccc(-c3cc(-c4cc(-c5ccc6sc7ccccc7c6c5)cc(-c5cccc6ccccc56)c4)nc(-c4ccccc4)n3)c(-c3ccccc3)c2)cc1. The zero-order valence-corrected chi connectivity index (χ0v) is 32.9. The molecule has 0 unspecified atom stereocenters. The molecule has 2 heterocycles. The van der Waals surface area contributed by atoms with E-state index in [-0.39, 0.29) is 0 Å². The molecule has 3 heteroatoms. The molecule has 0 bridgehead atoms. The molecule has 0 saturated heterocycles. The Morgan fingerprint density at radius 3 is 1.68 bits per heavy atom. The predicted octanol–water partition coefficient (Wildman–Crippen LogP) is 15.7. The minimum absolute atomic E-state index is 0.688. The highest BCUT2D eigenvalue weighted by atomic mass is 32.1. The zero-order chi connectivity index (χ0) is 39.1. The molecule has 0 aliphatic carbocycles. The number of fused-ring (bicyclic) bond motifs is 4. The zero-order valence-electron chi connectivity index (χ0n) is 32.1. The summed E-state index contributed by atoms with van der Waals surface area (Å²) in [6, 6.07) is 78.3. The first-order valence-corrected chi connectivity index (χ1v) is 20.8. The van der Waals surface area contributed by atoms with Crippen molar-refractivity contribution in [2.75, 3.05) is 0 Å². The number of nitrogens with zero attached hydrogens (tertiary/aromatic N) is 2. The fourth-order valence-corrected chi connectivity index (χ4v) is 9.45. The minimum atomic E-state index is 0.688. The van der Waals surface area contributed by atoms with Crippen LogP contribution in [0.15, 0.2) is 218 Å². The summed E-state index contributed by atoms with van der Waals surface area (Å²) in [5.41, 5.74) is 14.0. The summed E-state index contributed by atoms with van der Waals surface area (Å²) in [7, 11) is 0. The number of thiophene rings is 1. The number of aromatic nitrogens is 2. The van der Waals surface area contributed by atoms with Crippen LogP contribution in [0.1, 0.15) is 0 Å². The van der Waals surface area contributed by atoms with Crippen molar-refractivity contribution in [1.82, 2.24) is 9.97 Å². The summed E-state index contributed by atoms with van der Waals surface area (Å²) < 4.78 is 2.60. The van der Waals surface area contributed by atoms with Gasteiger partial charge in [-0.05, 0) is 104 Å². The molecular weight excluding hydrogens is 733 g/mol. The molecule has 0 fully saturated rings. The van der Waals surface area contributed by atoms with Gasteiger partial charge < -0.3 is 0 Å². The molecule has 0 radical (unpaired) electrons. The highest BCUT2D eigenvalue weighted by Crippen LogP contribution is 2.41. The van der Waals surface area contributed by atoms with Crippen LogP contribution in [-0.4, -0.2) is 9.97 Å². The van der Waals surface area contributed by atoms with Crippen molar-refractivity contribution in [2.45, 2.75) is 0 Å². The van der Waals surface area contributed by atoms with Gasteiger partial charge in [-0.25, -0.2) is 9.97 Å². The van der Waals surface area contributed by atoms with Gasteiger partial charge in [0.15, 0.2) is 5.82 Å². The summed E-state index contributed by atoms with van der Waals surface area (Å²) in [6.07, 6.45) is 0. The Labute approximate surface area is 347 Å². The Morgan fingerprint density at radius 2 is 0.864 bits per heavy atom. The maximum absolute atomic E-state index is 5.37. The molecule has 11 aromatic rings.